The maximum Gasteiger partial charge on any atom is 0.240 e. The van der Waals surface area contributed by atoms with Crippen molar-refractivity contribution in [3.63, 3.8) is 0 Å². The molecule has 0 saturated heterocycles. The first-order valence-electron chi connectivity index (χ1n) is 3.20. The number of amides is 1. The third-order valence-corrected chi connectivity index (χ3v) is 0.902. The monoisotopic (exact) mass is 143 g/mol. The van der Waals surface area contributed by atoms with E-state index >= 15 is 0 Å². The third kappa shape index (κ3) is 5.31. The molecule has 3 heteroatoms. The largest absolute Gasteiger partial charge is 0.273 e. The predicted octanol–water partition coefficient (Wildman–Crippen LogP) is 1.02. The molecule has 0 bridgehead atoms. The zero-order valence-electron chi connectivity index (χ0n) is 6.39. The van der Waals surface area contributed by atoms with Crippen molar-refractivity contribution in [3.8, 4) is 0 Å². The highest BCUT2D eigenvalue weighted by molar-refractivity contribution is 5.71. The Morgan fingerprint density at radius 3 is 2.90 bits per heavy atom. The molecule has 1 atom stereocenters. The molecule has 10 heavy (non-hydrogen) atoms. The molecule has 0 radical (unpaired) electrons. The summed E-state index contributed by atoms with van der Waals surface area (Å²) < 4.78 is 0. The van der Waals surface area contributed by atoms with E-state index in [-0.39, 0.29) is 12.0 Å². The summed E-state index contributed by atoms with van der Waals surface area (Å²) in [6.45, 7) is 6.80. The zero-order valence-corrected chi connectivity index (χ0v) is 6.39. The maximum absolute atomic E-state index is 10.3. The van der Waals surface area contributed by atoms with E-state index in [1.807, 2.05) is 6.92 Å². The van der Waals surface area contributed by atoms with E-state index in [9.17, 15) is 4.79 Å². The molecule has 0 aromatic rings. The Balaban J connectivity index is 3.29. The molecule has 0 aliphatic rings. The highest BCUT2D eigenvalue weighted by atomic mass is 16.7. The Morgan fingerprint density at radius 1 is 1.90 bits per heavy atom. The first kappa shape index (κ1) is 9.17. The van der Waals surface area contributed by atoms with Crippen LogP contribution in [0.5, 0.6) is 0 Å². The van der Waals surface area contributed by atoms with Crippen molar-refractivity contribution >= 4 is 5.91 Å². The van der Waals surface area contributed by atoms with Gasteiger partial charge in [0, 0.05) is 6.92 Å². The van der Waals surface area contributed by atoms with Crippen LogP contribution in [0.25, 0.3) is 0 Å². The fraction of sp³-hybridized carbons (Fsp3) is 0.571. The third-order valence-electron chi connectivity index (χ3n) is 0.902. The Labute approximate surface area is 61.0 Å². The van der Waals surface area contributed by atoms with E-state index in [0.717, 1.165) is 6.42 Å². The van der Waals surface area contributed by atoms with Gasteiger partial charge in [-0.1, -0.05) is 6.08 Å². The van der Waals surface area contributed by atoms with Crippen LogP contribution in [0.15, 0.2) is 12.7 Å². The lowest BCUT2D eigenvalue weighted by Crippen LogP contribution is -2.25. The Morgan fingerprint density at radius 2 is 2.50 bits per heavy atom. The van der Waals surface area contributed by atoms with Crippen molar-refractivity contribution in [1.29, 1.82) is 0 Å². The lowest BCUT2D eigenvalue weighted by Gasteiger charge is -2.08. The normalized spacial score (nSPS) is 12.2. The standard InChI is InChI=1S/C7H13NO2/c1-4-5-6(2)10-8-7(3)9/h4,6H,1,5H2,2-3H3,(H,8,9). The first-order chi connectivity index (χ1) is 4.66. The van der Waals surface area contributed by atoms with E-state index < -0.39 is 0 Å². The summed E-state index contributed by atoms with van der Waals surface area (Å²) in [6, 6.07) is 0. The van der Waals surface area contributed by atoms with Gasteiger partial charge in [0.05, 0.1) is 6.10 Å². The molecule has 1 N–H and O–H groups in total. The minimum absolute atomic E-state index is 0.00130. The summed E-state index contributed by atoms with van der Waals surface area (Å²) >= 11 is 0. The van der Waals surface area contributed by atoms with Gasteiger partial charge in [-0.3, -0.25) is 9.63 Å². The molecule has 0 heterocycles. The van der Waals surface area contributed by atoms with Crippen LogP contribution in [0.3, 0.4) is 0 Å². The average Bonchev–Trinajstić information content (AvgIpc) is 1.85. The van der Waals surface area contributed by atoms with Crippen LogP contribution < -0.4 is 5.48 Å². The number of hydroxylamine groups is 1. The number of hydrogen-bond donors (Lipinski definition) is 1. The number of rotatable bonds is 4. The second-order valence-corrected chi connectivity index (χ2v) is 2.11. The molecule has 0 rings (SSSR count). The predicted molar refractivity (Wildman–Crippen MR) is 39.2 cm³/mol. The van der Waals surface area contributed by atoms with Gasteiger partial charge in [-0.25, -0.2) is 5.48 Å². The molecule has 0 aliphatic heterocycles. The van der Waals surface area contributed by atoms with Crippen LogP contribution in [-0.4, -0.2) is 12.0 Å². The van der Waals surface area contributed by atoms with Crippen LogP contribution in [0.4, 0.5) is 0 Å². The molecular weight excluding hydrogens is 130 g/mol. The van der Waals surface area contributed by atoms with Crippen molar-refractivity contribution in [1.82, 2.24) is 5.48 Å². The molecule has 3 nitrogen and oxygen atoms in total. The zero-order chi connectivity index (χ0) is 7.98. The Kier molecular flexibility index (Phi) is 4.58. The number of carbonyl (C=O) groups is 1. The SMILES string of the molecule is C=CCC(C)ONC(C)=O. The van der Waals surface area contributed by atoms with Gasteiger partial charge in [-0.2, -0.15) is 0 Å². The van der Waals surface area contributed by atoms with Crippen molar-refractivity contribution in [2.45, 2.75) is 26.4 Å². The van der Waals surface area contributed by atoms with Gasteiger partial charge in [-0.05, 0) is 13.3 Å². The first-order valence-corrected chi connectivity index (χ1v) is 3.20. The maximum atomic E-state index is 10.3. The molecule has 1 amide bonds. The van der Waals surface area contributed by atoms with Gasteiger partial charge in [-0.15, -0.1) is 6.58 Å². The van der Waals surface area contributed by atoms with E-state index in [4.69, 9.17) is 4.84 Å². The van der Waals surface area contributed by atoms with Gasteiger partial charge >= 0.3 is 0 Å². The molecule has 1 unspecified atom stereocenters. The van der Waals surface area contributed by atoms with Gasteiger partial charge < -0.3 is 0 Å². The topological polar surface area (TPSA) is 38.3 Å². The van der Waals surface area contributed by atoms with Crippen molar-refractivity contribution in [3.05, 3.63) is 12.7 Å². The second-order valence-electron chi connectivity index (χ2n) is 2.11. The highest BCUT2D eigenvalue weighted by Crippen LogP contribution is 1.93. The summed E-state index contributed by atoms with van der Waals surface area (Å²) in [6.07, 6.45) is 2.48. The second kappa shape index (κ2) is 4.99. The molecule has 0 aromatic carbocycles. The summed E-state index contributed by atoms with van der Waals surface area (Å²) in [5.74, 6) is -0.184. The molecule has 0 fully saturated rings. The average molecular weight is 143 g/mol. The molecule has 58 valence electrons. The van der Waals surface area contributed by atoms with Crippen molar-refractivity contribution < 1.29 is 9.63 Å². The highest BCUT2D eigenvalue weighted by Gasteiger charge is 1.98. The van der Waals surface area contributed by atoms with Gasteiger partial charge in [0.2, 0.25) is 5.91 Å². The number of carbonyl (C=O) groups excluding carboxylic acids is 1. The number of nitrogens with one attached hydrogen (secondary N) is 1. The van der Waals surface area contributed by atoms with Crippen LogP contribution in [0, 0.1) is 0 Å². The fourth-order valence-corrected chi connectivity index (χ4v) is 0.466. The lowest BCUT2D eigenvalue weighted by atomic mass is 10.3. The Bertz CT molecular complexity index is 123. The minimum atomic E-state index is -0.184. The van der Waals surface area contributed by atoms with Crippen molar-refractivity contribution in [2.75, 3.05) is 0 Å². The van der Waals surface area contributed by atoms with E-state index in [2.05, 4.69) is 12.1 Å². The molecular formula is C7H13NO2. The summed E-state index contributed by atoms with van der Waals surface area (Å²) in [4.78, 5) is 15.2. The Hall–Kier alpha value is -0.830. The minimum Gasteiger partial charge on any atom is -0.273 e. The van der Waals surface area contributed by atoms with Gasteiger partial charge in [0.1, 0.15) is 0 Å². The van der Waals surface area contributed by atoms with E-state index in [1.54, 1.807) is 6.08 Å². The van der Waals surface area contributed by atoms with Crippen LogP contribution in [-0.2, 0) is 9.63 Å². The van der Waals surface area contributed by atoms with Crippen LogP contribution in [0.1, 0.15) is 20.3 Å². The molecule has 0 aliphatic carbocycles. The van der Waals surface area contributed by atoms with Crippen LogP contribution >= 0.6 is 0 Å². The summed E-state index contributed by atoms with van der Waals surface area (Å²) in [5, 5.41) is 0. The van der Waals surface area contributed by atoms with E-state index in [0.29, 0.717) is 0 Å². The quantitative estimate of drug-likeness (QED) is 0.471. The summed E-state index contributed by atoms with van der Waals surface area (Å²) in [5.41, 5.74) is 2.24. The van der Waals surface area contributed by atoms with E-state index in [1.165, 1.54) is 6.92 Å². The molecule has 0 aromatic heterocycles. The molecule has 0 spiro atoms. The number of hydrogen-bond acceptors (Lipinski definition) is 2. The molecule has 0 saturated carbocycles. The smallest absolute Gasteiger partial charge is 0.240 e. The fourth-order valence-electron chi connectivity index (χ4n) is 0.466. The van der Waals surface area contributed by atoms with Crippen LogP contribution in [0.2, 0.25) is 0 Å². The van der Waals surface area contributed by atoms with Gasteiger partial charge in [0.15, 0.2) is 0 Å². The van der Waals surface area contributed by atoms with Gasteiger partial charge in [0.25, 0.3) is 0 Å². The summed E-state index contributed by atoms with van der Waals surface area (Å²) in [7, 11) is 0. The lowest BCUT2D eigenvalue weighted by molar-refractivity contribution is -0.135. The van der Waals surface area contributed by atoms with Crippen molar-refractivity contribution in [2.24, 2.45) is 0 Å².